The first-order chi connectivity index (χ1) is 7.50. The van der Waals surface area contributed by atoms with Crippen LogP contribution in [-0.2, 0) is 0 Å². The standard InChI is InChI=1S/C12H16BrNO2/c1-8(2)5-6-14-11-7-9(13)3-4-10(11)12(15)16/h3-4,7-8,14H,5-6H2,1-2H3,(H,15,16). The van der Waals surface area contributed by atoms with E-state index in [9.17, 15) is 4.79 Å². The summed E-state index contributed by atoms with van der Waals surface area (Å²) in [5.41, 5.74) is 0.981. The van der Waals surface area contributed by atoms with E-state index in [1.54, 1.807) is 18.2 Å². The Morgan fingerprint density at radius 2 is 2.19 bits per heavy atom. The molecule has 2 N–H and O–H groups in total. The zero-order valence-corrected chi connectivity index (χ0v) is 11.0. The summed E-state index contributed by atoms with van der Waals surface area (Å²) >= 11 is 3.33. The molecule has 1 aromatic carbocycles. The minimum Gasteiger partial charge on any atom is -0.478 e. The highest BCUT2D eigenvalue weighted by molar-refractivity contribution is 9.10. The van der Waals surface area contributed by atoms with Gasteiger partial charge in [-0.1, -0.05) is 29.8 Å². The fourth-order valence-electron chi connectivity index (χ4n) is 1.34. The lowest BCUT2D eigenvalue weighted by Crippen LogP contribution is -2.09. The van der Waals surface area contributed by atoms with Crippen LogP contribution in [0.25, 0.3) is 0 Å². The van der Waals surface area contributed by atoms with Gasteiger partial charge in [0.1, 0.15) is 0 Å². The van der Waals surface area contributed by atoms with Gasteiger partial charge >= 0.3 is 5.97 Å². The van der Waals surface area contributed by atoms with Gasteiger partial charge in [0.2, 0.25) is 0 Å². The van der Waals surface area contributed by atoms with E-state index in [1.165, 1.54) is 0 Å². The number of carboxylic acids is 1. The molecule has 0 aliphatic heterocycles. The number of rotatable bonds is 5. The quantitative estimate of drug-likeness (QED) is 0.869. The van der Waals surface area contributed by atoms with Crippen LogP contribution in [0.4, 0.5) is 5.69 Å². The van der Waals surface area contributed by atoms with Gasteiger partial charge in [0.05, 0.1) is 5.56 Å². The maximum absolute atomic E-state index is 11.0. The smallest absolute Gasteiger partial charge is 0.337 e. The van der Waals surface area contributed by atoms with Crippen molar-refractivity contribution < 1.29 is 9.90 Å². The molecule has 0 aliphatic carbocycles. The molecule has 0 heterocycles. The van der Waals surface area contributed by atoms with Crippen molar-refractivity contribution in [2.75, 3.05) is 11.9 Å². The van der Waals surface area contributed by atoms with Crippen molar-refractivity contribution in [1.82, 2.24) is 0 Å². The van der Waals surface area contributed by atoms with Crippen LogP contribution in [-0.4, -0.2) is 17.6 Å². The van der Waals surface area contributed by atoms with Crippen molar-refractivity contribution in [3.05, 3.63) is 28.2 Å². The molecule has 0 radical (unpaired) electrons. The lowest BCUT2D eigenvalue weighted by Gasteiger charge is -2.11. The Hall–Kier alpha value is -1.03. The third-order valence-electron chi connectivity index (χ3n) is 2.25. The van der Waals surface area contributed by atoms with E-state index in [0.29, 0.717) is 17.2 Å². The van der Waals surface area contributed by atoms with Crippen LogP contribution in [0.3, 0.4) is 0 Å². The zero-order valence-electron chi connectivity index (χ0n) is 9.46. The molecule has 0 atom stereocenters. The second-order valence-electron chi connectivity index (χ2n) is 4.10. The maximum Gasteiger partial charge on any atom is 0.337 e. The summed E-state index contributed by atoms with van der Waals surface area (Å²) in [6, 6.07) is 5.13. The van der Waals surface area contributed by atoms with Crippen LogP contribution in [0.15, 0.2) is 22.7 Å². The third-order valence-corrected chi connectivity index (χ3v) is 2.74. The van der Waals surface area contributed by atoms with Gasteiger partial charge in [-0.2, -0.15) is 0 Å². The summed E-state index contributed by atoms with van der Waals surface area (Å²) in [4.78, 5) is 11.0. The first-order valence-corrected chi connectivity index (χ1v) is 6.06. The molecular weight excluding hydrogens is 270 g/mol. The fraction of sp³-hybridized carbons (Fsp3) is 0.417. The zero-order chi connectivity index (χ0) is 12.1. The molecule has 1 rings (SSSR count). The number of benzene rings is 1. The Bertz CT molecular complexity index is 377. The topological polar surface area (TPSA) is 49.3 Å². The van der Waals surface area contributed by atoms with Crippen molar-refractivity contribution in [2.45, 2.75) is 20.3 Å². The first kappa shape index (κ1) is 13.0. The lowest BCUT2D eigenvalue weighted by atomic mass is 10.1. The molecule has 0 aromatic heterocycles. The molecule has 0 fully saturated rings. The van der Waals surface area contributed by atoms with Crippen LogP contribution in [0.5, 0.6) is 0 Å². The number of hydrogen-bond acceptors (Lipinski definition) is 2. The number of hydrogen-bond donors (Lipinski definition) is 2. The highest BCUT2D eigenvalue weighted by Crippen LogP contribution is 2.21. The molecule has 16 heavy (non-hydrogen) atoms. The second-order valence-corrected chi connectivity index (χ2v) is 5.02. The van der Waals surface area contributed by atoms with Gasteiger partial charge in [0.25, 0.3) is 0 Å². The van der Waals surface area contributed by atoms with Gasteiger partial charge in [0, 0.05) is 16.7 Å². The maximum atomic E-state index is 11.0. The van der Waals surface area contributed by atoms with Crippen molar-refractivity contribution in [1.29, 1.82) is 0 Å². The Morgan fingerprint density at radius 1 is 1.50 bits per heavy atom. The molecule has 0 unspecified atom stereocenters. The summed E-state index contributed by atoms with van der Waals surface area (Å²) in [6.45, 7) is 5.07. The first-order valence-electron chi connectivity index (χ1n) is 5.27. The Kier molecular flexibility index (Phi) is 4.80. The highest BCUT2D eigenvalue weighted by atomic mass is 79.9. The Morgan fingerprint density at radius 3 is 2.75 bits per heavy atom. The predicted octanol–water partition coefficient (Wildman–Crippen LogP) is 3.61. The molecular formula is C12H16BrNO2. The average molecular weight is 286 g/mol. The Balaban J connectivity index is 2.76. The molecule has 0 bridgehead atoms. The van der Waals surface area contributed by atoms with E-state index in [4.69, 9.17) is 5.11 Å². The van der Waals surface area contributed by atoms with E-state index in [-0.39, 0.29) is 0 Å². The molecule has 0 amide bonds. The van der Waals surface area contributed by atoms with E-state index < -0.39 is 5.97 Å². The fourth-order valence-corrected chi connectivity index (χ4v) is 1.71. The minimum atomic E-state index is -0.903. The predicted molar refractivity (Wildman–Crippen MR) is 69.0 cm³/mol. The van der Waals surface area contributed by atoms with Crippen LogP contribution < -0.4 is 5.32 Å². The number of aromatic carboxylic acids is 1. The number of carbonyl (C=O) groups is 1. The van der Waals surface area contributed by atoms with Gasteiger partial charge in [-0.15, -0.1) is 0 Å². The van der Waals surface area contributed by atoms with E-state index in [2.05, 4.69) is 35.1 Å². The summed E-state index contributed by atoms with van der Waals surface area (Å²) in [7, 11) is 0. The molecule has 3 nitrogen and oxygen atoms in total. The van der Waals surface area contributed by atoms with E-state index in [1.807, 2.05) is 0 Å². The SMILES string of the molecule is CC(C)CCNc1cc(Br)ccc1C(=O)O. The number of halogens is 1. The summed E-state index contributed by atoms with van der Waals surface area (Å²) < 4.78 is 0.879. The van der Waals surface area contributed by atoms with Crippen LogP contribution in [0, 0.1) is 5.92 Å². The second kappa shape index (κ2) is 5.89. The number of nitrogens with one attached hydrogen (secondary N) is 1. The normalized spacial score (nSPS) is 10.5. The van der Waals surface area contributed by atoms with Gasteiger partial charge in [0.15, 0.2) is 0 Å². The lowest BCUT2D eigenvalue weighted by molar-refractivity contribution is 0.0698. The van der Waals surface area contributed by atoms with Gasteiger partial charge in [-0.3, -0.25) is 0 Å². The molecule has 88 valence electrons. The molecule has 4 heteroatoms. The summed E-state index contributed by atoms with van der Waals surface area (Å²) in [6.07, 6.45) is 1.02. The minimum absolute atomic E-state index is 0.312. The molecule has 1 aromatic rings. The number of anilines is 1. The third kappa shape index (κ3) is 3.85. The average Bonchev–Trinajstić information content (AvgIpc) is 2.16. The van der Waals surface area contributed by atoms with Gasteiger partial charge in [-0.25, -0.2) is 4.79 Å². The molecule has 0 aliphatic rings. The summed E-state index contributed by atoms with van der Waals surface area (Å²) in [5, 5.41) is 12.2. The van der Waals surface area contributed by atoms with Crippen molar-refractivity contribution >= 4 is 27.6 Å². The van der Waals surface area contributed by atoms with E-state index in [0.717, 1.165) is 17.4 Å². The molecule has 0 saturated carbocycles. The summed E-state index contributed by atoms with van der Waals surface area (Å²) in [5.74, 6) is -0.299. The molecule has 0 saturated heterocycles. The van der Waals surface area contributed by atoms with Gasteiger partial charge in [-0.05, 0) is 30.5 Å². The van der Waals surface area contributed by atoms with Crippen LogP contribution in [0.2, 0.25) is 0 Å². The largest absolute Gasteiger partial charge is 0.478 e. The van der Waals surface area contributed by atoms with Crippen LogP contribution in [0.1, 0.15) is 30.6 Å². The van der Waals surface area contributed by atoms with E-state index >= 15 is 0 Å². The van der Waals surface area contributed by atoms with Crippen LogP contribution >= 0.6 is 15.9 Å². The van der Waals surface area contributed by atoms with Crippen molar-refractivity contribution in [2.24, 2.45) is 5.92 Å². The Labute approximate surface area is 104 Å². The molecule has 0 spiro atoms. The highest BCUT2D eigenvalue weighted by Gasteiger charge is 2.09. The number of carboxylic acid groups (broad SMARTS) is 1. The van der Waals surface area contributed by atoms with Crippen molar-refractivity contribution in [3.63, 3.8) is 0 Å². The monoisotopic (exact) mass is 285 g/mol. The van der Waals surface area contributed by atoms with Gasteiger partial charge < -0.3 is 10.4 Å². The van der Waals surface area contributed by atoms with Crippen molar-refractivity contribution in [3.8, 4) is 0 Å².